The highest BCUT2D eigenvalue weighted by molar-refractivity contribution is 5.75. The molecule has 1 aliphatic heterocycles. The van der Waals surface area contributed by atoms with Crippen molar-refractivity contribution in [1.82, 2.24) is 14.5 Å². The van der Waals surface area contributed by atoms with Crippen LogP contribution in [0.2, 0.25) is 0 Å². The molecule has 25 heavy (non-hydrogen) atoms. The molecule has 2 aromatic rings. The number of hydrogen-bond donors (Lipinski definition) is 1. The SMILES string of the molecule is CCCCCC(CC)N1CCC(n2c(=O)[nH]c3ccc(F)cc32)CC1. The molecule has 0 amide bonds. The number of aromatic amines is 1. The summed E-state index contributed by atoms with van der Waals surface area (Å²) in [6.45, 7) is 6.55. The van der Waals surface area contributed by atoms with Gasteiger partial charge in [-0.1, -0.05) is 33.1 Å². The van der Waals surface area contributed by atoms with E-state index in [1.165, 1.54) is 44.2 Å². The van der Waals surface area contributed by atoms with Gasteiger partial charge in [0.2, 0.25) is 0 Å². The number of likely N-dealkylation sites (tertiary alicyclic amines) is 1. The minimum atomic E-state index is -0.292. The summed E-state index contributed by atoms with van der Waals surface area (Å²) in [4.78, 5) is 17.8. The van der Waals surface area contributed by atoms with Gasteiger partial charge in [0.15, 0.2) is 0 Å². The molecule has 0 radical (unpaired) electrons. The van der Waals surface area contributed by atoms with E-state index in [9.17, 15) is 9.18 Å². The van der Waals surface area contributed by atoms with Crippen molar-refractivity contribution >= 4 is 11.0 Å². The molecule has 1 atom stereocenters. The molecule has 1 aromatic carbocycles. The highest BCUT2D eigenvalue weighted by Crippen LogP contribution is 2.27. The molecule has 5 heteroatoms. The lowest BCUT2D eigenvalue weighted by Crippen LogP contribution is -2.42. The zero-order valence-corrected chi connectivity index (χ0v) is 15.4. The molecule has 1 fully saturated rings. The van der Waals surface area contributed by atoms with Crippen LogP contribution in [-0.4, -0.2) is 33.6 Å². The quantitative estimate of drug-likeness (QED) is 0.751. The largest absolute Gasteiger partial charge is 0.326 e. The number of hydrogen-bond acceptors (Lipinski definition) is 2. The molecule has 1 aromatic heterocycles. The Morgan fingerprint density at radius 2 is 2.00 bits per heavy atom. The van der Waals surface area contributed by atoms with Gasteiger partial charge in [-0.2, -0.15) is 0 Å². The van der Waals surface area contributed by atoms with Crippen molar-refractivity contribution in [2.24, 2.45) is 0 Å². The Morgan fingerprint density at radius 3 is 2.68 bits per heavy atom. The predicted octanol–water partition coefficient (Wildman–Crippen LogP) is 4.46. The normalized spacial score (nSPS) is 18.0. The minimum Gasteiger partial charge on any atom is -0.306 e. The van der Waals surface area contributed by atoms with Gasteiger partial charge in [-0.15, -0.1) is 0 Å². The Hall–Kier alpha value is -1.62. The first kappa shape index (κ1) is 18.2. The average molecular weight is 347 g/mol. The van der Waals surface area contributed by atoms with Crippen LogP contribution in [0.3, 0.4) is 0 Å². The third kappa shape index (κ3) is 3.97. The van der Waals surface area contributed by atoms with Crippen molar-refractivity contribution in [3.8, 4) is 0 Å². The monoisotopic (exact) mass is 347 g/mol. The van der Waals surface area contributed by atoms with Crippen LogP contribution >= 0.6 is 0 Å². The number of nitrogens with zero attached hydrogens (tertiary/aromatic N) is 2. The van der Waals surface area contributed by atoms with E-state index >= 15 is 0 Å². The van der Waals surface area contributed by atoms with Crippen molar-refractivity contribution in [2.75, 3.05) is 13.1 Å². The van der Waals surface area contributed by atoms with Gasteiger partial charge in [0.1, 0.15) is 5.82 Å². The summed E-state index contributed by atoms with van der Waals surface area (Å²) in [6, 6.07) is 5.34. The lowest BCUT2D eigenvalue weighted by Gasteiger charge is -2.37. The first-order valence-electron chi connectivity index (χ1n) is 9.77. The molecule has 1 N–H and O–H groups in total. The van der Waals surface area contributed by atoms with Crippen LogP contribution in [0.15, 0.2) is 23.0 Å². The van der Waals surface area contributed by atoms with Crippen molar-refractivity contribution in [1.29, 1.82) is 0 Å². The summed E-state index contributed by atoms with van der Waals surface area (Å²) in [7, 11) is 0. The molecule has 2 heterocycles. The van der Waals surface area contributed by atoms with Gasteiger partial charge in [-0.05, 0) is 43.9 Å². The van der Waals surface area contributed by atoms with Gasteiger partial charge in [0.25, 0.3) is 0 Å². The zero-order valence-electron chi connectivity index (χ0n) is 15.4. The summed E-state index contributed by atoms with van der Waals surface area (Å²) in [5.74, 6) is -0.292. The number of H-pyrrole nitrogens is 1. The Morgan fingerprint density at radius 1 is 1.24 bits per heavy atom. The van der Waals surface area contributed by atoms with Gasteiger partial charge < -0.3 is 9.88 Å². The van der Waals surface area contributed by atoms with Gasteiger partial charge in [0.05, 0.1) is 11.0 Å². The molecule has 0 bridgehead atoms. The maximum absolute atomic E-state index is 13.6. The number of piperidine rings is 1. The fourth-order valence-electron chi connectivity index (χ4n) is 4.24. The maximum Gasteiger partial charge on any atom is 0.326 e. The van der Waals surface area contributed by atoms with E-state index in [0.29, 0.717) is 11.6 Å². The van der Waals surface area contributed by atoms with Crippen molar-refractivity contribution < 1.29 is 4.39 Å². The van der Waals surface area contributed by atoms with Crippen LogP contribution in [0.5, 0.6) is 0 Å². The van der Waals surface area contributed by atoms with E-state index in [1.54, 1.807) is 10.6 Å². The smallest absolute Gasteiger partial charge is 0.306 e. The van der Waals surface area contributed by atoms with Gasteiger partial charge >= 0.3 is 5.69 Å². The Kier molecular flexibility index (Phi) is 5.94. The Labute approximate surface area is 149 Å². The third-order valence-corrected chi connectivity index (χ3v) is 5.67. The summed E-state index contributed by atoms with van der Waals surface area (Å²) >= 11 is 0. The number of nitrogens with one attached hydrogen (secondary N) is 1. The van der Waals surface area contributed by atoms with E-state index in [-0.39, 0.29) is 17.5 Å². The first-order valence-corrected chi connectivity index (χ1v) is 9.77. The average Bonchev–Trinajstić information content (AvgIpc) is 2.94. The minimum absolute atomic E-state index is 0.117. The fraction of sp³-hybridized carbons (Fsp3) is 0.650. The number of halogens is 1. The molecule has 1 aliphatic rings. The predicted molar refractivity (Wildman–Crippen MR) is 101 cm³/mol. The van der Waals surface area contributed by atoms with E-state index < -0.39 is 0 Å². The lowest BCUT2D eigenvalue weighted by atomic mass is 9.98. The number of unbranched alkanes of at least 4 members (excludes halogenated alkanes) is 2. The van der Waals surface area contributed by atoms with E-state index in [4.69, 9.17) is 0 Å². The highest BCUT2D eigenvalue weighted by atomic mass is 19.1. The van der Waals surface area contributed by atoms with E-state index in [0.717, 1.165) is 31.4 Å². The third-order valence-electron chi connectivity index (χ3n) is 5.67. The Balaban J connectivity index is 1.69. The standard InChI is InChI=1S/C20H30FN3O/c1-3-5-6-7-16(4-2)23-12-10-17(11-13-23)24-19-14-15(21)8-9-18(19)22-20(24)25/h8-9,14,16-17H,3-7,10-13H2,1-2H3,(H,22,25). The van der Waals surface area contributed by atoms with E-state index in [2.05, 4.69) is 23.7 Å². The second-order valence-electron chi connectivity index (χ2n) is 7.29. The van der Waals surface area contributed by atoms with Crippen molar-refractivity contribution in [3.63, 3.8) is 0 Å². The van der Waals surface area contributed by atoms with Gasteiger partial charge in [-0.3, -0.25) is 4.57 Å². The van der Waals surface area contributed by atoms with Crippen LogP contribution in [0, 0.1) is 5.82 Å². The molecule has 138 valence electrons. The molecular weight excluding hydrogens is 317 g/mol. The summed E-state index contributed by atoms with van der Waals surface area (Å²) in [5.41, 5.74) is 1.30. The first-order chi connectivity index (χ1) is 12.1. The van der Waals surface area contributed by atoms with E-state index in [1.807, 2.05) is 0 Å². The fourth-order valence-corrected chi connectivity index (χ4v) is 4.24. The number of rotatable bonds is 7. The molecule has 0 saturated carbocycles. The van der Waals surface area contributed by atoms with Crippen LogP contribution in [-0.2, 0) is 0 Å². The maximum atomic E-state index is 13.6. The molecule has 0 spiro atoms. The second-order valence-corrected chi connectivity index (χ2v) is 7.29. The van der Waals surface area contributed by atoms with Crippen LogP contribution in [0.1, 0.15) is 64.8 Å². The topological polar surface area (TPSA) is 41.0 Å². The number of imidazole rings is 1. The molecule has 4 nitrogen and oxygen atoms in total. The van der Waals surface area contributed by atoms with Crippen LogP contribution < -0.4 is 5.69 Å². The second kappa shape index (κ2) is 8.17. The molecule has 3 rings (SSSR count). The van der Waals surface area contributed by atoms with Crippen molar-refractivity contribution in [2.45, 2.75) is 70.9 Å². The number of aromatic nitrogens is 2. The number of benzene rings is 1. The summed E-state index contributed by atoms with van der Waals surface area (Å²) in [6.07, 6.45) is 8.24. The highest BCUT2D eigenvalue weighted by Gasteiger charge is 2.26. The van der Waals surface area contributed by atoms with Gasteiger partial charge in [0, 0.05) is 25.2 Å². The molecule has 1 unspecified atom stereocenters. The Bertz CT molecular complexity index is 743. The van der Waals surface area contributed by atoms with Crippen LogP contribution in [0.25, 0.3) is 11.0 Å². The number of fused-ring (bicyclic) bond motifs is 1. The van der Waals surface area contributed by atoms with Crippen LogP contribution in [0.4, 0.5) is 4.39 Å². The molecule has 1 saturated heterocycles. The summed E-state index contributed by atoms with van der Waals surface area (Å²) < 4.78 is 15.4. The lowest BCUT2D eigenvalue weighted by molar-refractivity contribution is 0.123. The van der Waals surface area contributed by atoms with Crippen molar-refractivity contribution in [3.05, 3.63) is 34.5 Å². The molecular formula is C20H30FN3O. The summed E-state index contributed by atoms with van der Waals surface area (Å²) in [5, 5.41) is 0. The zero-order chi connectivity index (χ0) is 17.8. The molecule has 0 aliphatic carbocycles. The van der Waals surface area contributed by atoms with Gasteiger partial charge in [-0.25, -0.2) is 9.18 Å².